The van der Waals surface area contributed by atoms with Gasteiger partial charge in [0.1, 0.15) is 5.78 Å². The summed E-state index contributed by atoms with van der Waals surface area (Å²) in [5.74, 6) is 0.469. The molecule has 30 heavy (non-hydrogen) atoms. The third-order valence-corrected chi connectivity index (χ3v) is 8.55. The Morgan fingerprint density at radius 1 is 1.03 bits per heavy atom. The highest BCUT2D eigenvalue weighted by Gasteiger charge is 2.30. The normalized spacial score (nSPS) is 19.9. The molecular weight excluding hydrogens is 398 g/mol. The zero-order valence-corrected chi connectivity index (χ0v) is 20.1. The molecule has 1 aliphatic carbocycles. The Labute approximate surface area is 181 Å². The van der Waals surface area contributed by atoms with E-state index in [2.05, 4.69) is 5.32 Å². The first-order valence-electron chi connectivity index (χ1n) is 11.1. The number of rotatable bonds is 8. The fraction of sp³-hybridized carbons (Fsp3) is 0.667. The van der Waals surface area contributed by atoms with Crippen LogP contribution in [0, 0.1) is 25.7 Å². The predicted molar refractivity (Wildman–Crippen MR) is 122 cm³/mol. The molecule has 0 bridgehead atoms. The van der Waals surface area contributed by atoms with Crippen molar-refractivity contribution < 1.29 is 18.0 Å². The summed E-state index contributed by atoms with van der Waals surface area (Å²) >= 11 is 0. The highest BCUT2D eigenvalue weighted by Crippen LogP contribution is 2.32. The average molecular weight is 436 g/mol. The van der Waals surface area contributed by atoms with Gasteiger partial charge in [-0.25, -0.2) is 8.42 Å². The van der Waals surface area contributed by atoms with E-state index < -0.39 is 9.84 Å². The molecule has 0 aromatic heterocycles. The molecule has 2 rings (SSSR count). The monoisotopic (exact) mass is 435 g/mol. The van der Waals surface area contributed by atoms with Crippen LogP contribution in [0.25, 0.3) is 0 Å². The van der Waals surface area contributed by atoms with Crippen LogP contribution in [0.2, 0.25) is 0 Å². The number of hydrogen-bond donors (Lipinski definition) is 1. The smallest absolute Gasteiger partial charge is 0.251 e. The minimum Gasteiger partial charge on any atom is -0.350 e. The van der Waals surface area contributed by atoms with Gasteiger partial charge >= 0.3 is 0 Å². The Balaban J connectivity index is 2.04. The molecule has 0 aliphatic heterocycles. The van der Waals surface area contributed by atoms with Gasteiger partial charge in [0.05, 0.1) is 11.0 Å². The maximum absolute atomic E-state index is 13.0. The number of Topliss-reactive ketones (excluding diaryl/α,β-unsaturated/α-hetero) is 1. The number of benzene rings is 1. The second-order valence-corrected chi connectivity index (χ2v) is 12.1. The van der Waals surface area contributed by atoms with E-state index in [0.717, 1.165) is 42.4 Å². The first-order valence-corrected chi connectivity index (χ1v) is 12.8. The van der Waals surface area contributed by atoms with E-state index in [0.29, 0.717) is 12.0 Å². The van der Waals surface area contributed by atoms with Crippen molar-refractivity contribution in [1.82, 2.24) is 5.32 Å². The van der Waals surface area contributed by atoms with Gasteiger partial charge in [0.15, 0.2) is 9.84 Å². The van der Waals surface area contributed by atoms with Crippen LogP contribution in [0.4, 0.5) is 0 Å². The van der Waals surface area contributed by atoms with E-state index in [-0.39, 0.29) is 40.6 Å². The Morgan fingerprint density at radius 3 is 2.17 bits per heavy atom. The van der Waals surface area contributed by atoms with Crippen molar-refractivity contribution in [3.8, 4) is 0 Å². The molecule has 0 heterocycles. The number of amides is 1. The summed E-state index contributed by atoms with van der Waals surface area (Å²) in [6.45, 7) is 11.2. The average Bonchev–Trinajstić information content (AvgIpc) is 2.63. The SMILES string of the molecule is Cc1cc(CC(=O)C2CCC(CS(=O)(=O)C(C)C)CC2)c(C)c(C(=O)NC(C)C)c1. The minimum atomic E-state index is -3.04. The Kier molecular flexibility index (Phi) is 8.26. The maximum Gasteiger partial charge on any atom is 0.251 e. The Hall–Kier alpha value is -1.69. The molecule has 1 aromatic carbocycles. The van der Waals surface area contributed by atoms with Crippen molar-refractivity contribution in [2.24, 2.45) is 11.8 Å². The quantitative estimate of drug-likeness (QED) is 0.664. The summed E-state index contributed by atoms with van der Waals surface area (Å²) in [4.78, 5) is 25.5. The van der Waals surface area contributed by atoms with Crippen molar-refractivity contribution in [3.05, 3.63) is 34.4 Å². The van der Waals surface area contributed by atoms with E-state index in [9.17, 15) is 18.0 Å². The molecule has 1 aromatic rings. The molecule has 1 fully saturated rings. The Morgan fingerprint density at radius 2 is 1.63 bits per heavy atom. The van der Waals surface area contributed by atoms with Crippen molar-refractivity contribution in [2.45, 2.75) is 84.9 Å². The van der Waals surface area contributed by atoms with E-state index in [1.807, 2.05) is 39.8 Å². The van der Waals surface area contributed by atoms with Crippen LogP contribution >= 0.6 is 0 Å². The van der Waals surface area contributed by atoms with E-state index in [4.69, 9.17) is 0 Å². The first-order chi connectivity index (χ1) is 13.9. The van der Waals surface area contributed by atoms with Crippen molar-refractivity contribution >= 4 is 21.5 Å². The van der Waals surface area contributed by atoms with Crippen LogP contribution in [0.15, 0.2) is 12.1 Å². The fourth-order valence-electron chi connectivity index (χ4n) is 4.20. The summed E-state index contributed by atoms with van der Waals surface area (Å²) in [6, 6.07) is 3.93. The second-order valence-electron chi connectivity index (χ2n) is 9.46. The predicted octanol–water partition coefficient (Wildman–Crippen LogP) is 4.18. The standard InChI is InChI=1S/C24H37NO4S/c1-15(2)25-24(27)22-12-17(5)11-21(18(22)6)13-23(26)20-9-7-19(8-10-20)14-30(28,29)16(3)4/h11-12,15-16,19-20H,7-10,13-14H2,1-6H3,(H,25,27). The van der Waals surface area contributed by atoms with Crippen molar-refractivity contribution in [3.63, 3.8) is 0 Å². The molecule has 0 atom stereocenters. The summed E-state index contributed by atoms with van der Waals surface area (Å²) in [5.41, 5.74) is 3.39. The van der Waals surface area contributed by atoms with E-state index in [1.54, 1.807) is 13.8 Å². The van der Waals surface area contributed by atoms with E-state index >= 15 is 0 Å². The van der Waals surface area contributed by atoms with Gasteiger partial charge < -0.3 is 5.32 Å². The van der Waals surface area contributed by atoms with Crippen LogP contribution in [-0.4, -0.2) is 37.2 Å². The van der Waals surface area contributed by atoms with Crippen molar-refractivity contribution in [1.29, 1.82) is 0 Å². The number of carbonyl (C=O) groups excluding carboxylic acids is 2. The van der Waals surface area contributed by atoms with Crippen LogP contribution < -0.4 is 5.32 Å². The topological polar surface area (TPSA) is 80.3 Å². The molecule has 5 nitrogen and oxygen atoms in total. The molecule has 0 radical (unpaired) electrons. The number of sulfone groups is 1. The van der Waals surface area contributed by atoms with Gasteiger partial charge in [-0.15, -0.1) is 0 Å². The van der Waals surface area contributed by atoms with E-state index in [1.165, 1.54) is 0 Å². The zero-order chi connectivity index (χ0) is 22.6. The highest BCUT2D eigenvalue weighted by molar-refractivity contribution is 7.91. The lowest BCUT2D eigenvalue weighted by molar-refractivity contribution is -0.123. The van der Waals surface area contributed by atoms with Gasteiger partial charge in [0.25, 0.3) is 5.91 Å². The highest BCUT2D eigenvalue weighted by atomic mass is 32.2. The summed E-state index contributed by atoms with van der Waals surface area (Å²) in [7, 11) is -3.04. The molecule has 0 unspecified atom stereocenters. The largest absolute Gasteiger partial charge is 0.350 e. The van der Waals surface area contributed by atoms with Gasteiger partial charge in [0, 0.05) is 23.9 Å². The number of aryl methyl sites for hydroxylation is 1. The van der Waals surface area contributed by atoms with Crippen LogP contribution in [0.5, 0.6) is 0 Å². The maximum atomic E-state index is 13.0. The zero-order valence-electron chi connectivity index (χ0n) is 19.2. The van der Waals surface area contributed by atoms with Gasteiger partial charge in [-0.1, -0.05) is 11.6 Å². The van der Waals surface area contributed by atoms with Gasteiger partial charge in [-0.2, -0.15) is 0 Å². The lowest BCUT2D eigenvalue weighted by Gasteiger charge is -2.28. The lowest BCUT2D eigenvalue weighted by Crippen LogP contribution is -2.31. The first kappa shape index (κ1) is 24.6. The number of hydrogen-bond acceptors (Lipinski definition) is 4. The lowest BCUT2D eigenvalue weighted by atomic mass is 9.79. The Bertz CT molecular complexity index is 879. The fourth-order valence-corrected chi connectivity index (χ4v) is 5.57. The molecule has 1 aliphatic rings. The number of nitrogens with one attached hydrogen (secondary N) is 1. The third kappa shape index (κ3) is 6.40. The molecule has 168 valence electrons. The summed E-state index contributed by atoms with van der Waals surface area (Å²) in [6.07, 6.45) is 3.41. The van der Waals surface area contributed by atoms with Gasteiger partial charge in [-0.3, -0.25) is 9.59 Å². The molecular formula is C24H37NO4S. The van der Waals surface area contributed by atoms with Gasteiger partial charge in [-0.05, 0) is 90.3 Å². The molecule has 6 heteroatoms. The van der Waals surface area contributed by atoms with Crippen molar-refractivity contribution in [2.75, 3.05) is 5.75 Å². The molecule has 0 saturated heterocycles. The van der Waals surface area contributed by atoms with Crippen LogP contribution in [-0.2, 0) is 21.1 Å². The molecule has 0 spiro atoms. The summed E-state index contributed by atoms with van der Waals surface area (Å²) < 4.78 is 24.4. The number of ketones is 1. The third-order valence-electron chi connectivity index (χ3n) is 6.18. The van der Waals surface area contributed by atoms with Crippen LogP contribution in [0.3, 0.4) is 0 Å². The number of carbonyl (C=O) groups is 2. The molecule has 1 amide bonds. The molecule has 1 saturated carbocycles. The summed E-state index contributed by atoms with van der Waals surface area (Å²) in [5, 5.41) is 2.59. The van der Waals surface area contributed by atoms with Crippen LogP contribution in [0.1, 0.15) is 80.4 Å². The minimum absolute atomic E-state index is 0.0177. The van der Waals surface area contributed by atoms with Gasteiger partial charge in [0.2, 0.25) is 0 Å². The second kappa shape index (κ2) is 10.1. The molecule has 1 N–H and O–H groups in total.